The van der Waals surface area contributed by atoms with Gasteiger partial charge in [0.1, 0.15) is 11.4 Å². The molecule has 0 aliphatic rings. The quantitative estimate of drug-likeness (QED) is 0.847. The summed E-state index contributed by atoms with van der Waals surface area (Å²) in [5.41, 5.74) is 6.63. The summed E-state index contributed by atoms with van der Waals surface area (Å²) in [5, 5.41) is 0. The third-order valence-corrected chi connectivity index (χ3v) is 5.09. The molecule has 0 saturated carbocycles. The van der Waals surface area contributed by atoms with Gasteiger partial charge in [0, 0.05) is 6.54 Å². The van der Waals surface area contributed by atoms with Gasteiger partial charge < -0.3 is 5.73 Å². The summed E-state index contributed by atoms with van der Waals surface area (Å²) in [7, 11) is -4.29. The largest absolute Gasteiger partial charge is 0.402 e. The molecule has 0 aliphatic heterocycles. The van der Waals surface area contributed by atoms with Crippen molar-refractivity contribution in [1.82, 2.24) is 4.31 Å². The molecule has 21 heavy (non-hydrogen) atoms. The van der Waals surface area contributed by atoms with Crippen molar-refractivity contribution in [2.45, 2.75) is 38.3 Å². The zero-order chi connectivity index (χ0) is 16.4. The van der Waals surface area contributed by atoms with E-state index >= 15 is 0 Å². The Labute approximate surface area is 122 Å². The van der Waals surface area contributed by atoms with Crippen molar-refractivity contribution < 1.29 is 21.6 Å². The van der Waals surface area contributed by atoms with Gasteiger partial charge in [-0.1, -0.05) is 19.1 Å². The standard InChI is InChI=1S/C13H19F3N2O2S/c1-4-7-18(8-13(14,15)16)21(19,20)12-10(3)6-5-9(2)11(12)17/h5-6H,4,7-8,17H2,1-3H3. The summed E-state index contributed by atoms with van der Waals surface area (Å²) >= 11 is 0. The third-order valence-electron chi connectivity index (χ3n) is 3.04. The average Bonchev–Trinajstić information content (AvgIpc) is 2.32. The van der Waals surface area contributed by atoms with Gasteiger partial charge >= 0.3 is 6.18 Å². The summed E-state index contributed by atoms with van der Waals surface area (Å²) in [6.07, 6.45) is -4.32. The number of alkyl halides is 3. The molecule has 2 N–H and O–H groups in total. The first-order chi connectivity index (χ1) is 9.50. The van der Waals surface area contributed by atoms with E-state index in [1.54, 1.807) is 19.9 Å². The number of nitrogens with two attached hydrogens (primary N) is 1. The number of sulfonamides is 1. The molecule has 0 saturated heterocycles. The van der Waals surface area contributed by atoms with Gasteiger partial charge in [-0.25, -0.2) is 8.42 Å². The Hall–Kier alpha value is -1.28. The van der Waals surface area contributed by atoms with Gasteiger partial charge in [-0.15, -0.1) is 0 Å². The number of halogens is 3. The smallest absolute Gasteiger partial charge is 0.397 e. The van der Waals surface area contributed by atoms with Gasteiger partial charge in [0.15, 0.2) is 0 Å². The van der Waals surface area contributed by atoms with Gasteiger partial charge in [-0.2, -0.15) is 17.5 Å². The van der Waals surface area contributed by atoms with Gasteiger partial charge in [0.2, 0.25) is 10.0 Å². The fourth-order valence-corrected chi connectivity index (χ4v) is 3.92. The van der Waals surface area contributed by atoms with Crippen LogP contribution in [0.3, 0.4) is 0 Å². The third kappa shape index (κ3) is 4.10. The lowest BCUT2D eigenvalue weighted by atomic mass is 10.1. The van der Waals surface area contributed by atoms with Gasteiger partial charge in [0.05, 0.1) is 5.69 Å². The normalized spacial score (nSPS) is 12.9. The van der Waals surface area contributed by atoms with Crippen LogP contribution >= 0.6 is 0 Å². The topological polar surface area (TPSA) is 63.4 Å². The van der Waals surface area contributed by atoms with E-state index in [9.17, 15) is 21.6 Å². The predicted octanol–water partition coefficient (Wildman–Crippen LogP) is 2.85. The number of hydrogen-bond donors (Lipinski definition) is 1. The molecule has 0 unspecified atom stereocenters. The summed E-state index contributed by atoms with van der Waals surface area (Å²) in [6, 6.07) is 3.17. The lowest BCUT2D eigenvalue weighted by Crippen LogP contribution is -2.40. The molecular formula is C13H19F3N2O2S. The number of rotatable bonds is 5. The van der Waals surface area contributed by atoms with Crippen LogP contribution < -0.4 is 5.73 Å². The van der Waals surface area contributed by atoms with Crippen LogP contribution in [0.25, 0.3) is 0 Å². The number of aryl methyl sites for hydroxylation is 2. The van der Waals surface area contributed by atoms with Crippen LogP contribution in [0, 0.1) is 13.8 Å². The highest BCUT2D eigenvalue weighted by Crippen LogP contribution is 2.30. The molecule has 0 aliphatic carbocycles. The molecule has 0 heterocycles. The van der Waals surface area contributed by atoms with Gasteiger partial charge in [-0.05, 0) is 31.4 Å². The zero-order valence-electron chi connectivity index (χ0n) is 12.2. The number of hydrogen-bond acceptors (Lipinski definition) is 3. The first-order valence-corrected chi connectivity index (χ1v) is 7.87. The lowest BCUT2D eigenvalue weighted by Gasteiger charge is -2.25. The molecule has 1 aromatic rings. The van der Waals surface area contributed by atoms with Crippen LogP contribution in [-0.4, -0.2) is 32.0 Å². The van der Waals surface area contributed by atoms with Crippen LogP contribution in [0.15, 0.2) is 17.0 Å². The Morgan fingerprint density at radius 2 is 1.71 bits per heavy atom. The highest BCUT2D eigenvalue weighted by molar-refractivity contribution is 7.89. The van der Waals surface area contributed by atoms with Gasteiger partial charge in [-0.3, -0.25) is 0 Å². The molecule has 0 radical (unpaired) electrons. The molecular weight excluding hydrogens is 305 g/mol. The molecule has 4 nitrogen and oxygen atoms in total. The number of nitrogen functional groups attached to an aromatic ring is 1. The van der Waals surface area contributed by atoms with Crippen molar-refractivity contribution in [3.05, 3.63) is 23.3 Å². The summed E-state index contributed by atoms with van der Waals surface area (Å²) in [4.78, 5) is -0.236. The minimum absolute atomic E-state index is 0.00159. The second-order valence-electron chi connectivity index (χ2n) is 4.90. The average molecular weight is 324 g/mol. The first-order valence-electron chi connectivity index (χ1n) is 6.43. The minimum Gasteiger partial charge on any atom is -0.397 e. The summed E-state index contributed by atoms with van der Waals surface area (Å²) in [6.45, 7) is 3.01. The molecule has 0 spiro atoms. The monoisotopic (exact) mass is 324 g/mol. The van der Waals surface area contributed by atoms with E-state index in [1.807, 2.05) is 0 Å². The fraction of sp³-hybridized carbons (Fsp3) is 0.538. The van der Waals surface area contributed by atoms with Crippen molar-refractivity contribution in [3.8, 4) is 0 Å². The summed E-state index contributed by atoms with van der Waals surface area (Å²) < 4.78 is 63.4. The van der Waals surface area contributed by atoms with Crippen molar-refractivity contribution in [3.63, 3.8) is 0 Å². The van der Waals surface area contributed by atoms with E-state index in [2.05, 4.69) is 0 Å². The maximum absolute atomic E-state index is 12.6. The number of benzene rings is 1. The summed E-state index contributed by atoms with van der Waals surface area (Å²) in [5.74, 6) is 0. The highest BCUT2D eigenvalue weighted by atomic mass is 32.2. The van der Waals surface area contributed by atoms with Crippen LogP contribution in [0.5, 0.6) is 0 Å². The van der Waals surface area contributed by atoms with E-state index in [4.69, 9.17) is 5.73 Å². The SMILES string of the molecule is CCCN(CC(F)(F)F)S(=O)(=O)c1c(C)ccc(C)c1N. The Morgan fingerprint density at radius 3 is 2.19 bits per heavy atom. The Bertz CT molecular complexity index is 613. The molecule has 8 heteroatoms. The molecule has 0 atom stereocenters. The molecule has 0 amide bonds. The molecule has 0 fully saturated rings. The molecule has 120 valence electrons. The predicted molar refractivity (Wildman–Crippen MR) is 75.4 cm³/mol. The molecule has 1 rings (SSSR count). The Kier molecular flexibility index (Phi) is 5.27. The Balaban J connectivity index is 3.40. The lowest BCUT2D eigenvalue weighted by molar-refractivity contribution is -0.136. The maximum Gasteiger partial charge on any atom is 0.402 e. The molecule has 1 aromatic carbocycles. The highest BCUT2D eigenvalue weighted by Gasteiger charge is 2.38. The van der Waals surface area contributed by atoms with E-state index in [0.717, 1.165) is 0 Å². The second-order valence-corrected chi connectivity index (χ2v) is 6.77. The number of anilines is 1. The van der Waals surface area contributed by atoms with E-state index < -0.39 is 22.7 Å². The molecule has 0 aromatic heterocycles. The number of nitrogens with zero attached hydrogens (tertiary/aromatic N) is 1. The van der Waals surface area contributed by atoms with Crippen LogP contribution in [0.4, 0.5) is 18.9 Å². The fourth-order valence-electron chi connectivity index (χ4n) is 2.01. The van der Waals surface area contributed by atoms with Crippen LogP contribution in [0.1, 0.15) is 24.5 Å². The second kappa shape index (κ2) is 6.23. The van der Waals surface area contributed by atoms with Crippen LogP contribution in [-0.2, 0) is 10.0 Å². The van der Waals surface area contributed by atoms with Crippen molar-refractivity contribution in [2.24, 2.45) is 0 Å². The Morgan fingerprint density at radius 1 is 1.19 bits per heavy atom. The first kappa shape index (κ1) is 17.8. The van der Waals surface area contributed by atoms with Crippen molar-refractivity contribution in [2.75, 3.05) is 18.8 Å². The van der Waals surface area contributed by atoms with Crippen molar-refractivity contribution >= 4 is 15.7 Å². The van der Waals surface area contributed by atoms with E-state index in [-0.39, 0.29) is 23.5 Å². The van der Waals surface area contributed by atoms with E-state index in [1.165, 1.54) is 13.0 Å². The minimum atomic E-state index is -4.60. The van der Waals surface area contributed by atoms with Gasteiger partial charge in [0.25, 0.3) is 0 Å². The van der Waals surface area contributed by atoms with E-state index in [0.29, 0.717) is 15.4 Å². The van der Waals surface area contributed by atoms with Crippen LogP contribution in [0.2, 0.25) is 0 Å². The van der Waals surface area contributed by atoms with Crippen molar-refractivity contribution in [1.29, 1.82) is 0 Å². The zero-order valence-corrected chi connectivity index (χ0v) is 13.0. The molecule has 0 bridgehead atoms. The maximum atomic E-state index is 12.6.